The molecule has 0 saturated heterocycles. The molecule has 0 aliphatic heterocycles. The number of H-pyrrole nitrogens is 1. The molecule has 1 aliphatic carbocycles. The van der Waals surface area contributed by atoms with Gasteiger partial charge in [0.15, 0.2) is 11.4 Å². The maximum absolute atomic E-state index is 5.60. The van der Waals surface area contributed by atoms with Crippen LogP contribution in [0.3, 0.4) is 0 Å². The molecule has 1 fully saturated rings. The average Bonchev–Trinajstić information content (AvgIpc) is 3.47. The Bertz CT molecular complexity index is 1300. The Kier molecular flexibility index (Phi) is 6.06. The first-order valence-corrected chi connectivity index (χ1v) is 12.5. The van der Waals surface area contributed by atoms with Crippen LogP contribution in [0.2, 0.25) is 0 Å². The van der Waals surface area contributed by atoms with Crippen LogP contribution in [0.15, 0.2) is 30.7 Å². The van der Waals surface area contributed by atoms with Crippen molar-refractivity contribution in [3.05, 3.63) is 42.0 Å². The molecule has 0 aromatic carbocycles. The van der Waals surface area contributed by atoms with E-state index in [-0.39, 0.29) is 0 Å². The first-order valence-electron chi connectivity index (χ1n) is 12.5. The van der Waals surface area contributed by atoms with Gasteiger partial charge in [-0.3, -0.25) is 4.98 Å². The van der Waals surface area contributed by atoms with Gasteiger partial charge in [-0.25, -0.2) is 9.50 Å². The van der Waals surface area contributed by atoms with Gasteiger partial charge in [0.25, 0.3) is 0 Å². The Morgan fingerprint density at radius 3 is 2.56 bits per heavy atom. The van der Waals surface area contributed by atoms with Crippen LogP contribution in [-0.2, 0) is 0 Å². The van der Waals surface area contributed by atoms with E-state index in [0.717, 1.165) is 22.3 Å². The number of methoxy groups -OCH3 is 1. The standard InChI is InChI=1S/C27H36N6O/c1-16(2)24-25(19-13-23(34-6)27-28-15-29-33(27)14-19)31-22-12-11-21(30-26(22)24)18-7-9-20(10-8-18)32(5)17(3)4/h11-18,20,31H,7-10H2,1-6H3. The highest BCUT2D eigenvalue weighted by molar-refractivity contribution is 5.89. The summed E-state index contributed by atoms with van der Waals surface area (Å²) < 4.78 is 7.38. The van der Waals surface area contributed by atoms with E-state index in [1.165, 1.54) is 36.9 Å². The predicted molar refractivity (Wildman–Crippen MR) is 137 cm³/mol. The molecule has 180 valence electrons. The van der Waals surface area contributed by atoms with Crippen LogP contribution in [-0.4, -0.2) is 55.7 Å². The number of rotatable bonds is 6. The van der Waals surface area contributed by atoms with Crippen LogP contribution in [0.25, 0.3) is 27.9 Å². The number of hydrogen-bond donors (Lipinski definition) is 1. The van der Waals surface area contributed by atoms with Crippen LogP contribution in [0.1, 0.15) is 76.5 Å². The summed E-state index contributed by atoms with van der Waals surface area (Å²) in [5.41, 5.74) is 7.45. The topological polar surface area (TPSA) is 71.3 Å². The lowest BCUT2D eigenvalue weighted by Crippen LogP contribution is -2.39. The van der Waals surface area contributed by atoms with Gasteiger partial charge in [0, 0.05) is 41.0 Å². The monoisotopic (exact) mass is 460 g/mol. The highest BCUT2D eigenvalue weighted by atomic mass is 16.5. The summed E-state index contributed by atoms with van der Waals surface area (Å²) in [4.78, 5) is 15.7. The number of fused-ring (bicyclic) bond motifs is 2. The van der Waals surface area contributed by atoms with Crippen molar-refractivity contribution in [1.29, 1.82) is 0 Å². The summed E-state index contributed by atoms with van der Waals surface area (Å²) >= 11 is 0. The van der Waals surface area contributed by atoms with Gasteiger partial charge >= 0.3 is 0 Å². The van der Waals surface area contributed by atoms with Crippen molar-refractivity contribution in [3.8, 4) is 17.0 Å². The molecule has 1 aliphatic rings. The lowest BCUT2D eigenvalue weighted by Gasteiger charge is -2.36. The molecule has 0 radical (unpaired) electrons. The van der Waals surface area contributed by atoms with Crippen molar-refractivity contribution < 1.29 is 4.74 Å². The maximum atomic E-state index is 5.60. The predicted octanol–water partition coefficient (Wildman–Crippen LogP) is 5.77. The number of aromatic nitrogens is 5. The molecule has 0 unspecified atom stereocenters. The lowest BCUT2D eigenvalue weighted by molar-refractivity contribution is 0.148. The first kappa shape index (κ1) is 22.8. The molecule has 0 atom stereocenters. The number of aromatic amines is 1. The van der Waals surface area contributed by atoms with E-state index < -0.39 is 0 Å². The molecular formula is C27H36N6O. The van der Waals surface area contributed by atoms with Crippen LogP contribution in [0.5, 0.6) is 5.75 Å². The Morgan fingerprint density at radius 2 is 1.88 bits per heavy atom. The smallest absolute Gasteiger partial charge is 0.197 e. The summed E-state index contributed by atoms with van der Waals surface area (Å²) in [6, 6.07) is 7.76. The van der Waals surface area contributed by atoms with Crippen LogP contribution < -0.4 is 4.74 Å². The van der Waals surface area contributed by atoms with E-state index in [1.54, 1.807) is 18.0 Å². The van der Waals surface area contributed by atoms with Gasteiger partial charge in [-0.1, -0.05) is 13.8 Å². The van der Waals surface area contributed by atoms with E-state index in [1.807, 2.05) is 12.3 Å². The van der Waals surface area contributed by atoms with Gasteiger partial charge in [-0.05, 0) is 70.7 Å². The van der Waals surface area contributed by atoms with Crippen LogP contribution in [0.4, 0.5) is 0 Å². The van der Waals surface area contributed by atoms with E-state index in [4.69, 9.17) is 9.72 Å². The molecule has 0 spiro atoms. The molecule has 5 rings (SSSR count). The Labute approximate surface area is 201 Å². The van der Waals surface area contributed by atoms with Crippen molar-refractivity contribution >= 4 is 16.7 Å². The van der Waals surface area contributed by atoms with Crippen LogP contribution in [0, 0.1) is 0 Å². The molecule has 7 nitrogen and oxygen atoms in total. The SMILES string of the molecule is COc1cc(-c2[nH]c3ccc(C4CCC(N(C)C(C)C)CC4)nc3c2C(C)C)cn2ncnc12. The van der Waals surface area contributed by atoms with Crippen molar-refractivity contribution in [2.45, 2.75) is 77.3 Å². The third-order valence-corrected chi connectivity index (χ3v) is 7.63. The van der Waals surface area contributed by atoms with E-state index in [9.17, 15) is 0 Å². The Morgan fingerprint density at radius 1 is 1.12 bits per heavy atom. The fraction of sp³-hybridized carbons (Fsp3) is 0.519. The minimum absolute atomic E-state index is 0.319. The maximum Gasteiger partial charge on any atom is 0.197 e. The highest BCUT2D eigenvalue weighted by Gasteiger charge is 2.27. The van der Waals surface area contributed by atoms with Gasteiger partial charge in [-0.15, -0.1) is 0 Å². The quantitative estimate of drug-likeness (QED) is 0.395. The summed E-state index contributed by atoms with van der Waals surface area (Å²) in [5.74, 6) is 1.56. The second-order valence-corrected chi connectivity index (χ2v) is 10.3. The molecule has 4 aromatic rings. The molecule has 1 N–H and O–H groups in total. The van der Waals surface area contributed by atoms with Crippen LogP contribution >= 0.6 is 0 Å². The molecule has 7 heteroatoms. The summed E-state index contributed by atoms with van der Waals surface area (Å²) in [6.45, 7) is 9.04. The second kappa shape index (κ2) is 9.02. The zero-order chi connectivity index (χ0) is 24.0. The van der Waals surface area contributed by atoms with Gasteiger partial charge in [0.05, 0.1) is 23.8 Å². The molecule has 0 amide bonds. The summed E-state index contributed by atoms with van der Waals surface area (Å²) in [7, 11) is 3.94. The minimum atomic E-state index is 0.319. The van der Waals surface area contributed by atoms with Gasteiger partial charge in [0.2, 0.25) is 0 Å². The van der Waals surface area contributed by atoms with Crippen molar-refractivity contribution in [1.82, 2.24) is 29.5 Å². The van der Waals surface area contributed by atoms with Crippen molar-refractivity contribution in [2.75, 3.05) is 14.2 Å². The fourth-order valence-corrected chi connectivity index (χ4v) is 5.50. The highest BCUT2D eigenvalue weighted by Crippen LogP contribution is 2.39. The van der Waals surface area contributed by atoms with Gasteiger partial charge < -0.3 is 14.6 Å². The number of nitrogens with zero attached hydrogens (tertiary/aromatic N) is 5. The molecule has 4 aromatic heterocycles. The molecule has 4 heterocycles. The number of nitrogens with one attached hydrogen (secondary N) is 1. The van der Waals surface area contributed by atoms with Gasteiger partial charge in [-0.2, -0.15) is 5.10 Å². The van der Waals surface area contributed by atoms with E-state index >= 15 is 0 Å². The van der Waals surface area contributed by atoms with Gasteiger partial charge in [0.1, 0.15) is 6.33 Å². The molecule has 1 saturated carbocycles. The summed E-state index contributed by atoms with van der Waals surface area (Å²) in [5, 5.41) is 4.34. The summed E-state index contributed by atoms with van der Waals surface area (Å²) in [6.07, 6.45) is 8.45. The van der Waals surface area contributed by atoms with E-state index in [0.29, 0.717) is 35.3 Å². The largest absolute Gasteiger partial charge is 0.493 e. The first-order chi connectivity index (χ1) is 16.4. The zero-order valence-electron chi connectivity index (χ0n) is 21.2. The Hall–Kier alpha value is -2.93. The zero-order valence-corrected chi connectivity index (χ0v) is 21.2. The number of pyridine rings is 2. The third kappa shape index (κ3) is 3.96. The Balaban J connectivity index is 1.51. The van der Waals surface area contributed by atoms with E-state index in [2.05, 4.69) is 66.8 Å². The normalized spacial score (nSPS) is 19.2. The fourth-order valence-electron chi connectivity index (χ4n) is 5.50. The molecular weight excluding hydrogens is 424 g/mol. The minimum Gasteiger partial charge on any atom is -0.493 e. The lowest BCUT2D eigenvalue weighted by atomic mass is 9.83. The molecule has 34 heavy (non-hydrogen) atoms. The molecule has 0 bridgehead atoms. The average molecular weight is 461 g/mol. The third-order valence-electron chi connectivity index (χ3n) is 7.63. The van der Waals surface area contributed by atoms with Crippen molar-refractivity contribution in [2.24, 2.45) is 0 Å². The number of ether oxygens (including phenoxy) is 1. The second-order valence-electron chi connectivity index (χ2n) is 10.3. The van der Waals surface area contributed by atoms with Crippen molar-refractivity contribution in [3.63, 3.8) is 0 Å². The number of hydrogen-bond acceptors (Lipinski definition) is 5.